The topological polar surface area (TPSA) is 128 Å². The molecule has 1 aliphatic rings. The monoisotopic (exact) mass is 407 g/mol. The molecule has 0 fully saturated rings. The van der Waals surface area contributed by atoms with Crippen LogP contribution in [0.1, 0.15) is 20.7 Å². The number of nitrogens with one attached hydrogen (secondary N) is 1. The standard InChI is InChI=1S/C16H7Cl2N3O6/c17-9-6-8-11(13(10(9)18)21(25)26)19-15(23)12(14(8)22)20-27-16(24)7-4-2-1-3-5-7/h1-6H,(H,19,23). The molecule has 0 aliphatic carbocycles. The lowest BCUT2D eigenvalue weighted by molar-refractivity contribution is -0.383. The number of carbonyl (C=O) groups is 3. The van der Waals surface area contributed by atoms with Gasteiger partial charge in [-0.15, -0.1) is 0 Å². The van der Waals surface area contributed by atoms with Crippen molar-refractivity contribution in [3.63, 3.8) is 0 Å². The van der Waals surface area contributed by atoms with Crippen LogP contribution in [-0.4, -0.2) is 28.3 Å². The average Bonchev–Trinajstić information content (AvgIpc) is 2.63. The van der Waals surface area contributed by atoms with Gasteiger partial charge in [0, 0.05) is 0 Å². The number of benzene rings is 2. The van der Waals surface area contributed by atoms with E-state index in [9.17, 15) is 24.5 Å². The molecule has 11 heteroatoms. The van der Waals surface area contributed by atoms with E-state index in [-0.39, 0.29) is 16.1 Å². The highest BCUT2D eigenvalue weighted by molar-refractivity contribution is 6.73. The molecule has 0 atom stereocenters. The maximum Gasteiger partial charge on any atom is 0.365 e. The Labute approximate surface area is 160 Å². The first-order valence-corrected chi connectivity index (χ1v) is 7.93. The number of rotatable bonds is 3. The highest BCUT2D eigenvalue weighted by atomic mass is 35.5. The highest BCUT2D eigenvalue weighted by Gasteiger charge is 2.38. The molecule has 0 bridgehead atoms. The van der Waals surface area contributed by atoms with Crippen LogP contribution in [0.25, 0.3) is 0 Å². The van der Waals surface area contributed by atoms with Crippen LogP contribution >= 0.6 is 23.2 Å². The quantitative estimate of drug-likeness (QED) is 0.472. The molecular weight excluding hydrogens is 401 g/mol. The van der Waals surface area contributed by atoms with E-state index in [4.69, 9.17) is 23.2 Å². The molecule has 2 aromatic carbocycles. The van der Waals surface area contributed by atoms with Gasteiger partial charge in [0.2, 0.25) is 11.5 Å². The van der Waals surface area contributed by atoms with E-state index in [1.807, 2.05) is 0 Å². The second-order valence-electron chi connectivity index (χ2n) is 5.17. The van der Waals surface area contributed by atoms with E-state index in [0.29, 0.717) is 0 Å². The normalized spacial score (nSPS) is 14.5. The van der Waals surface area contributed by atoms with E-state index in [1.54, 1.807) is 18.2 Å². The van der Waals surface area contributed by atoms with Crippen molar-refractivity contribution in [2.24, 2.45) is 5.16 Å². The number of halogens is 2. The minimum absolute atomic E-state index is 0.149. The molecule has 3 rings (SSSR count). The smallest absolute Gasteiger partial charge is 0.314 e. The number of anilines is 1. The molecule has 9 nitrogen and oxygen atoms in total. The van der Waals surface area contributed by atoms with Crippen molar-refractivity contribution in [1.29, 1.82) is 0 Å². The van der Waals surface area contributed by atoms with Gasteiger partial charge < -0.3 is 10.2 Å². The Hall–Kier alpha value is -3.30. The summed E-state index contributed by atoms with van der Waals surface area (Å²) in [6, 6.07) is 8.81. The number of amides is 1. The van der Waals surface area contributed by atoms with Gasteiger partial charge in [0.15, 0.2) is 0 Å². The van der Waals surface area contributed by atoms with Crippen LogP contribution in [0.2, 0.25) is 10.0 Å². The summed E-state index contributed by atoms with van der Waals surface area (Å²) in [6.07, 6.45) is 0. The summed E-state index contributed by atoms with van der Waals surface area (Å²) >= 11 is 11.6. The van der Waals surface area contributed by atoms with Gasteiger partial charge in [-0.25, -0.2) is 4.79 Å². The predicted molar refractivity (Wildman–Crippen MR) is 95.4 cm³/mol. The number of hydrogen-bond acceptors (Lipinski definition) is 7. The SMILES string of the molecule is O=C1Nc2c(cc(Cl)c(Cl)c2[N+](=O)[O-])C(=O)C1=NOC(=O)c1ccccc1. The van der Waals surface area contributed by atoms with E-state index < -0.39 is 44.7 Å². The largest absolute Gasteiger partial charge is 0.365 e. The van der Waals surface area contributed by atoms with Crippen molar-refractivity contribution in [2.45, 2.75) is 0 Å². The molecule has 0 saturated heterocycles. The summed E-state index contributed by atoms with van der Waals surface area (Å²) in [4.78, 5) is 51.5. The number of fused-ring (bicyclic) bond motifs is 1. The first-order valence-electron chi connectivity index (χ1n) is 7.18. The molecule has 0 aromatic heterocycles. The van der Waals surface area contributed by atoms with Crippen molar-refractivity contribution in [3.05, 3.63) is 67.7 Å². The predicted octanol–water partition coefficient (Wildman–Crippen LogP) is 3.25. The zero-order valence-electron chi connectivity index (χ0n) is 13.1. The Balaban J connectivity index is 1.99. The van der Waals surface area contributed by atoms with Crippen LogP contribution in [0, 0.1) is 10.1 Å². The highest BCUT2D eigenvalue weighted by Crippen LogP contribution is 2.42. The minimum atomic E-state index is -1.09. The summed E-state index contributed by atoms with van der Waals surface area (Å²) in [5.41, 5.74) is -2.04. The van der Waals surface area contributed by atoms with Crippen molar-refractivity contribution in [2.75, 3.05) is 5.32 Å². The number of ketones is 1. The fourth-order valence-corrected chi connectivity index (χ4v) is 2.71. The van der Waals surface area contributed by atoms with Crippen molar-refractivity contribution < 1.29 is 24.1 Å². The second-order valence-corrected chi connectivity index (χ2v) is 5.95. The fourth-order valence-electron chi connectivity index (χ4n) is 2.29. The summed E-state index contributed by atoms with van der Waals surface area (Å²) < 4.78 is 0. The van der Waals surface area contributed by atoms with Gasteiger partial charge in [0.05, 0.1) is 21.1 Å². The maximum absolute atomic E-state index is 12.5. The first kappa shape index (κ1) is 18.5. The number of nitro benzene ring substituents is 1. The lowest BCUT2D eigenvalue weighted by atomic mass is 9.99. The van der Waals surface area contributed by atoms with Gasteiger partial charge >= 0.3 is 11.7 Å². The molecule has 1 aliphatic heterocycles. The lowest BCUT2D eigenvalue weighted by Crippen LogP contribution is -2.36. The molecule has 1 amide bonds. The van der Waals surface area contributed by atoms with E-state index in [0.717, 1.165) is 6.07 Å². The average molecular weight is 408 g/mol. The van der Waals surface area contributed by atoms with E-state index >= 15 is 0 Å². The Morgan fingerprint density at radius 3 is 2.48 bits per heavy atom. The van der Waals surface area contributed by atoms with Crippen LogP contribution in [0.5, 0.6) is 0 Å². The molecule has 1 heterocycles. The van der Waals surface area contributed by atoms with E-state index in [1.165, 1.54) is 12.1 Å². The fraction of sp³-hybridized carbons (Fsp3) is 0. The molecule has 0 radical (unpaired) electrons. The summed E-state index contributed by atoms with van der Waals surface area (Å²) in [5, 5.41) is 16.0. The van der Waals surface area contributed by atoms with Gasteiger partial charge in [-0.3, -0.25) is 19.7 Å². The number of nitrogens with zero attached hydrogens (tertiary/aromatic N) is 2. The zero-order chi connectivity index (χ0) is 19.7. The molecule has 136 valence electrons. The molecule has 1 N–H and O–H groups in total. The van der Waals surface area contributed by atoms with E-state index in [2.05, 4.69) is 15.3 Å². The minimum Gasteiger partial charge on any atom is -0.314 e. The van der Waals surface area contributed by atoms with Crippen molar-refractivity contribution >= 4 is 57.9 Å². The van der Waals surface area contributed by atoms with Gasteiger partial charge in [-0.05, 0) is 18.2 Å². The van der Waals surface area contributed by atoms with Crippen LogP contribution in [0.4, 0.5) is 11.4 Å². The third-order valence-corrected chi connectivity index (χ3v) is 4.30. The maximum atomic E-state index is 12.5. The zero-order valence-corrected chi connectivity index (χ0v) is 14.6. The number of carbonyl (C=O) groups excluding carboxylic acids is 3. The van der Waals surface area contributed by atoms with Crippen molar-refractivity contribution in [3.8, 4) is 0 Å². The molecule has 0 spiro atoms. The Bertz CT molecular complexity index is 1040. The van der Waals surface area contributed by atoms with Gasteiger partial charge in [-0.2, -0.15) is 0 Å². The third-order valence-electron chi connectivity index (χ3n) is 3.52. The van der Waals surface area contributed by atoms with Crippen LogP contribution in [0.3, 0.4) is 0 Å². The van der Waals surface area contributed by atoms with Crippen LogP contribution in [0.15, 0.2) is 41.6 Å². The number of oxime groups is 1. The Morgan fingerprint density at radius 2 is 1.85 bits per heavy atom. The molecule has 0 unspecified atom stereocenters. The molecule has 2 aromatic rings. The number of hydrogen-bond donors (Lipinski definition) is 1. The summed E-state index contributed by atoms with van der Waals surface area (Å²) in [6.45, 7) is 0. The second kappa shape index (κ2) is 7.14. The van der Waals surface area contributed by atoms with Gasteiger partial charge in [0.1, 0.15) is 10.7 Å². The van der Waals surface area contributed by atoms with Crippen LogP contribution < -0.4 is 5.32 Å². The third kappa shape index (κ3) is 3.37. The Kier molecular flexibility index (Phi) is 4.89. The lowest BCUT2D eigenvalue weighted by Gasteiger charge is -2.17. The van der Waals surface area contributed by atoms with Gasteiger partial charge in [0.25, 0.3) is 5.91 Å². The van der Waals surface area contributed by atoms with Crippen LogP contribution in [-0.2, 0) is 9.63 Å². The van der Waals surface area contributed by atoms with Gasteiger partial charge in [-0.1, -0.05) is 46.6 Å². The van der Waals surface area contributed by atoms with Crippen molar-refractivity contribution in [1.82, 2.24) is 0 Å². The molecule has 27 heavy (non-hydrogen) atoms. The summed E-state index contributed by atoms with van der Waals surface area (Å²) in [7, 11) is 0. The molecule has 0 saturated carbocycles. The Morgan fingerprint density at radius 1 is 1.19 bits per heavy atom. The number of Topliss-reactive ketones (excluding diaryl/α,β-unsaturated/α-hetero) is 1. The molecular formula is C16H7Cl2N3O6. The number of nitro groups is 1. The first-order chi connectivity index (χ1) is 12.8. The summed E-state index contributed by atoms with van der Waals surface area (Å²) in [5.74, 6) is -2.99.